The van der Waals surface area contributed by atoms with Gasteiger partial charge < -0.3 is 4.55 Å². The minimum atomic E-state index is -1.93. The molecular weight excluding hydrogens is 232 g/mol. The molecule has 1 aliphatic rings. The highest BCUT2D eigenvalue weighted by atomic mass is 32.2. The third kappa shape index (κ3) is 3.17. The van der Waals surface area contributed by atoms with Crippen LogP contribution in [0.15, 0.2) is 30.3 Å². The smallest absolute Gasteiger partial charge is 0.0138 e. The van der Waals surface area contributed by atoms with Crippen LogP contribution in [0.2, 0.25) is 0 Å². The SMILES string of the molecule is CC1CCCC(c2ccccc2)C1CS(=O)[O-]. The third-order valence-electron chi connectivity index (χ3n) is 3.98. The minimum absolute atomic E-state index is 0.282. The first-order valence-electron chi connectivity index (χ1n) is 6.29. The second-order valence-electron chi connectivity index (χ2n) is 5.06. The van der Waals surface area contributed by atoms with E-state index in [4.69, 9.17) is 0 Å². The lowest BCUT2D eigenvalue weighted by atomic mass is 9.71. The second-order valence-corrected chi connectivity index (χ2v) is 6.00. The zero-order valence-electron chi connectivity index (χ0n) is 10.2. The highest BCUT2D eigenvalue weighted by Gasteiger charge is 2.31. The molecule has 0 radical (unpaired) electrons. The Morgan fingerprint density at radius 2 is 2.00 bits per heavy atom. The van der Waals surface area contributed by atoms with Crippen molar-refractivity contribution >= 4 is 11.1 Å². The highest BCUT2D eigenvalue weighted by Crippen LogP contribution is 2.41. The van der Waals surface area contributed by atoms with Gasteiger partial charge in [0.05, 0.1) is 0 Å². The van der Waals surface area contributed by atoms with Gasteiger partial charge >= 0.3 is 0 Å². The lowest BCUT2D eigenvalue weighted by molar-refractivity contribution is 0.239. The van der Waals surface area contributed by atoms with E-state index < -0.39 is 11.1 Å². The van der Waals surface area contributed by atoms with Crippen LogP contribution in [0.25, 0.3) is 0 Å². The van der Waals surface area contributed by atoms with E-state index in [0.29, 0.717) is 17.6 Å². The normalized spacial score (nSPS) is 31.1. The predicted molar refractivity (Wildman–Crippen MR) is 69.5 cm³/mol. The monoisotopic (exact) mass is 251 g/mol. The first-order chi connectivity index (χ1) is 8.18. The zero-order valence-corrected chi connectivity index (χ0v) is 11.0. The lowest BCUT2D eigenvalue weighted by Gasteiger charge is -2.37. The Labute approximate surface area is 106 Å². The Morgan fingerprint density at radius 3 is 2.65 bits per heavy atom. The second kappa shape index (κ2) is 5.78. The summed E-state index contributed by atoms with van der Waals surface area (Å²) in [7, 11) is 0. The molecule has 2 rings (SSSR count). The van der Waals surface area contributed by atoms with Gasteiger partial charge in [0, 0.05) is 5.75 Å². The quantitative estimate of drug-likeness (QED) is 0.774. The van der Waals surface area contributed by atoms with E-state index in [9.17, 15) is 8.76 Å². The Kier molecular flexibility index (Phi) is 4.35. The molecule has 0 bridgehead atoms. The number of hydrogen-bond acceptors (Lipinski definition) is 2. The maximum atomic E-state index is 11.0. The lowest BCUT2D eigenvalue weighted by Crippen LogP contribution is -2.29. The molecule has 3 heteroatoms. The molecule has 0 amide bonds. The molecule has 0 aliphatic heterocycles. The molecular formula is C14H19O2S-. The maximum absolute atomic E-state index is 11.0. The summed E-state index contributed by atoms with van der Waals surface area (Å²) in [6, 6.07) is 10.4. The van der Waals surface area contributed by atoms with Gasteiger partial charge in [-0.25, -0.2) is 0 Å². The van der Waals surface area contributed by atoms with Crippen molar-refractivity contribution < 1.29 is 8.76 Å². The summed E-state index contributed by atoms with van der Waals surface area (Å²) >= 11 is -1.93. The van der Waals surface area contributed by atoms with Gasteiger partial charge in [-0.3, -0.25) is 4.21 Å². The van der Waals surface area contributed by atoms with Gasteiger partial charge in [-0.05, 0) is 29.7 Å². The first kappa shape index (κ1) is 12.8. The van der Waals surface area contributed by atoms with Crippen molar-refractivity contribution in [1.29, 1.82) is 0 Å². The van der Waals surface area contributed by atoms with Crippen molar-refractivity contribution in [3.63, 3.8) is 0 Å². The topological polar surface area (TPSA) is 40.1 Å². The molecule has 1 fully saturated rings. The van der Waals surface area contributed by atoms with Gasteiger partial charge in [-0.2, -0.15) is 0 Å². The van der Waals surface area contributed by atoms with Gasteiger partial charge in [-0.1, -0.05) is 61.2 Å². The average molecular weight is 251 g/mol. The summed E-state index contributed by atoms with van der Waals surface area (Å²) in [5.41, 5.74) is 1.30. The van der Waals surface area contributed by atoms with Crippen molar-refractivity contribution in [2.24, 2.45) is 11.8 Å². The summed E-state index contributed by atoms with van der Waals surface area (Å²) in [6.07, 6.45) is 3.49. The minimum Gasteiger partial charge on any atom is -0.772 e. The molecule has 94 valence electrons. The van der Waals surface area contributed by atoms with Crippen molar-refractivity contribution in [1.82, 2.24) is 0 Å². The van der Waals surface area contributed by atoms with Crippen LogP contribution in [-0.2, 0) is 11.1 Å². The number of benzene rings is 1. The fourth-order valence-corrected chi connectivity index (χ4v) is 3.91. The molecule has 0 spiro atoms. The molecule has 2 nitrogen and oxygen atoms in total. The summed E-state index contributed by atoms with van der Waals surface area (Å²) in [5.74, 6) is 1.51. The van der Waals surface area contributed by atoms with Crippen LogP contribution >= 0.6 is 0 Å². The van der Waals surface area contributed by atoms with Crippen LogP contribution in [0.4, 0.5) is 0 Å². The Morgan fingerprint density at radius 1 is 1.29 bits per heavy atom. The highest BCUT2D eigenvalue weighted by molar-refractivity contribution is 7.79. The maximum Gasteiger partial charge on any atom is 0.0138 e. The van der Waals surface area contributed by atoms with Crippen LogP contribution in [0.1, 0.15) is 37.7 Å². The fourth-order valence-electron chi connectivity index (χ4n) is 3.04. The van der Waals surface area contributed by atoms with Gasteiger partial charge in [0.25, 0.3) is 0 Å². The van der Waals surface area contributed by atoms with Crippen molar-refractivity contribution in [2.45, 2.75) is 32.1 Å². The van der Waals surface area contributed by atoms with Crippen molar-refractivity contribution in [3.05, 3.63) is 35.9 Å². The molecule has 4 unspecified atom stereocenters. The molecule has 0 heterocycles. The predicted octanol–water partition coefficient (Wildman–Crippen LogP) is 3.09. The largest absolute Gasteiger partial charge is 0.772 e. The number of hydrogen-bond donors (Lipinski definition) is 0. The van der Waals surface area contributed by atoms with Gasteiger partial charge in [0.2, 0.25) is 0 Å². The molecule has 0 aromatic heterocycles. The van der Waals surface area contributed by atoms with E-state index in [1.165, 1.54) is 12.0 Å². The summed E-state index contributed by atoms with van der Waals surface area (Å²) in [6.45, 7) is 2.19. The average Bonchev–Trinajstić information content (AvgIpc) is 2.32. The summed E-state index contributed by atoms with van der Waals surface area (Å²) < 4.78 is 22.0. The Bertz CT molecular complexity index is 377. The summed E-state index contributed by atoms with van der Waals surface area (Å²) in [4.78, 5) is 0. The van der Waals surface area contributed by atoms with Crippen LogP contribution in [0.5, 0.6) is 0 Å². The molecule has 0 N–H and O–H groups in total. The molecule has 1 aromatic carbocycles. The molecule has 1 aromatic rings. The first-order valence-corrected chi connectivity index (χ1v) is 7.53. The van der Waals surface area contributed by atoms with Crippen LogP contribution in [-0.4, -0.2) is 14.5 Å². The Balaban J connectivity index is 2.20. The van der Waals surface area contributed by atoms with E-state index in [1.807, 2.05) is 18.2 Å². The van der Waals surface area contributed by atoms with E-state index in [2.05, 4.69) is 19.1 Å². The van der Waals surface area contributed by atoms with Crippen molar-refractivity contribution in [2.75, 3.05) is 5.75 Å². The van der Waals surface area contributed by atoms with E-state index >= 15 is 0 Å². The standard InChI is InChI=1S/C14H20O2S/c1-11-6-5-9-13(14(11)10-17(15)16)12-7-3-2-4-8-12/h2-4,7-8,11,13-14H,5-6,9-10H2,1H3,(H,15,16)/p-1. The van der Waals surface area contributed by atoms with Gasteiger partial charge in [-0.15, -0.1) is 0 Å². The van der Waals surface area contributed by atoms with Gasteiger partial charge in [0.15, 0.2) is 0 Å². The summed E-state index contributed by atoms with van der Waals surface area (Å²) in [5, 5.41) is 0. The van der Waals surface area contributed by atoms with Gasteiger partial charge in [0.1, 0.15) is 0 Å². The number of rotatable bonds is 3. The van der Waals surface area contributed by atoms with Crippen molar-refractivity contribution in [3.8, 4) is 0 Å². The van der Waals surface area contributed by atoms with E-state index in [1.54, 1.807) is 0 Å². The molecule has 0 saturated heterocycles. The molecule has 1 saturated carbocycles. The fraction of sp³-hybridized carbons (Fsp3) is 0.571. The zero-order chi connectivity index (χ0) is 12.3. The Hall–Kier alpha value is -0.670. The van der Waals surface area contributed by atoms with Crippen LogP contribution in [0.3, 0.4) is 0 Å². The van der Waals surface area contributed by atoms with Crippen LogP contribution < -0.4 is 0 Å². The molecule has 4 atom stereocenters. The van der Waals surface area contributed by atoms with E-state index in [0.717, 1.165) is 12.8 Å². The third-order valence-corrected chi connectivity index (χ3v) is 4.64. The van der Waals surface area contributed by atoms with E-state index in [-0.39, 0.29) is 5.92 Å². The molecule has 1 aliphatic carbocycles. The van der Waals surface area contributed by atoms with Crippen LogP contribution in [0, 0.1) is 11.8 Å². The molecule has 17 heavy (non-hydrogen) atoms.